The Labute approximate surface area is 166 Å². The highest BCUT2D eigenvalue weighted by molar-refractivity contribution is 5.62. The molecule has 1 saturated heterocycles. The predicted octanol–water partition coefficient (Wildman–Crippen LogP) is 3.32. The molecule has 2 aromatic rings. The van der Waals surface area contributed by atoms with Crippen molar-refractivity contribution in [2.24, 2.45) is 0 Å². The monoisotopic (exact) mass is 386 g/mol. The minimum atomic E-state index is -0.214. The quantitative estimate of drug-likeness (QED) is 0.843. The lowest BCUT2D eigenvalue weighted by molar-refractivity contribution is 0.0437. The van der Waals surface area contributed by atoms with Crippen molar-refractivity contribution >= 4 is 11.5 Å². The van der Waals surface area contributed by atoms with Crippen LogP contribution >= 0.6 is 0 Å². The number of aromatic amines is 1. The lowest BCUT2D eigenvalue weighted by Crippen LogP contribution is -2.56. The van der Waals surface area contributed by atoms with E-state index in [0.29, 0.717) is 11.5 Å². The molecule has 7 heteroatoms. The molecule has 2 aliphatic rings. The number of anilines is 1. The third-order valence-corrected chi connectivity index (χ3v) is 6.56. The van der Waals surface area contributed by atoms with E-state index in [2.05, 4.69) is 41.2 Å². The average molecular weight is 387 g/mol. The van der Waals surface area contributed by atoms with Gasteiger partial charge in [0.25, 0.3) is 0 Å². The van der Waals surface area contributed by atoms with Gasteiger partial charge in [0.15, 0.2) is 5.82 Å². The Balaban J connectivity index is 1.65. The highest BCUT2D eigenvalue weighted by atomic mass is 16.1. The zero-order valence-corrected chi connectivity index (χ0v) is 17.6. The van der Waals surface area contributed by atoms with Crippen LogP contribution in [0, 0.1) is 0 Å². The Morgan fingerprint density at radius 3 is 2.46 bits per heavy atom. The summed E-state index contributed by atoms with van der Waals surface area (Å²) in [6.45, 7) is 9.62. The molecule has 28 heavy (non-hydrogen) atoms. The van der Waals surface area contributed by atoms with Crippen LogP contribution in [0.15, 0.2) is 11.0 Å². The molecular formula is C21H34N6O. The molecule has 1 aliphatic carbocycles. The van der Waals surface area contributed by atoms with Crippen molar-refractivity contribution in [1.29, 1.82) is 0 Å². The standard InChI is InChI=1S/C21H34N6O/c1-20(2,3)16-14-27-18(24-25-19(27)28)17(23-16)22-15-21(10-6-4-7-11-21)26-12-8-5-9-13-26/h14H,4-13,15H2,1-3H3,(H,22,23)(H,25,28). The molecule has 0 unspecified atom stereocenters. The topological polar surface area (TPSA) is 78.3 Å². The third kappa shape index (κ3) is 3.69. The van der Waals surface area contributed by atoms with Gasteiger partial charge in [-0.3, -0.25) is 4.90 Å². The first-order chi connectivity index (χ1) is 13.4. The van der Waals surface area contributed by atoms with Gasteiger partial charge in [0.1, 0.15) is 0 Å². The summed E-state index contributed by atoms with van der Waals surface area (Å²) >= 11 is 0. The van der Waals surface area contributed by atoms with Crippen LogP contribution in [0.25, 0.3) is 5.65 Å². The molecule has 2 fully saturated rings. The van der Waals surface area contributed by atoms with Gasteiger partial charge in [-0.05, 0) is 38.8 Å². The summed E-state index contributed by atoms with van der Waals surface area (Å²) in [7, 11) is 0. The second-order valence-corrected chi connectivity index (χ2v) is 9.63. The van der Waals surface area contributed by atoms with Gasteiger partial charge in [-0.2, -0.15) is 0 Å². The largest absolute Gasteiger partial charge is 0.365 e. The van der Waals surface area contributed by atoms with Crippen LogP contribution in [0.3, 0.4) is 0 Å². The Hall–Kier alpha value is -1.89. The van der Waals surface area contributed by atoms with Crippen LogP contribution < -0.4 is 11.0 Å². The van der Waals surface area contributed by atoms with Crippen LogP contribution in [0.2, 0.25) is 0 Å². The van der Waals surface area contributed by atoms with E-state index < -0.39 is 0 Å². The predicted molar refractivity (Wildman–Crippen MR) is 112 cm³/mol. The summed E-state index contributed by atoms with van der Waals surface area (Å²) < 4.78 is 1.59. The van der Waals surface area contributed by atoms with Gasteiger partial charge in [0.05, 0.1) is 5.69 Å². The Morgan fingerprint density at radius 1 is 1.11 bits per heavy atom. The molecule has 1 saturated carbocycles. The Morgan fingerprint density at radius 2 is 1.79 bits per heavy atom. The van der Waals surface area contributed by atoms with Crippen molar-refractivity contribution in [3.8, 4) is 0 Å². The summed E-state index contributed by atoms with van der Waals surface area (Å²) in [5.41, 5.74) is 1.32. The highest BCUT2D eigenvalue weighted by Gasteiger charge is 2.38. The molecule has 7 nitrogen and oxygen atoms in total. The average Bonchev–Trinajstić information content (AvgIpc) is 3.08. The molecule has 0 amide bonds. The van der Waals surface area contributed by atoms with Crippen molar-refractivity contribution in [2.45, 2.75) is 83.1 Å². The van der Waals surface area contributed by atoms with Crippen LogP contribution in [0.5, 0.6) is 0 Å². The van der Waals surface area contributed by atoms with Gasteiger partial charge in [-0.15, -0.1) is 5.10 Å². The number of likely N-dealkylation sites (tertiary alicyclic amines) is 1. The van der Waals surface area contributed by atoms with Gasteiger partial charge in [-0.25, -0.2) is 19.3 Å². The molecule has 0 atom stereocenters. The van der Waals surface area contributed by atoms with Crippen molar-refractivity contribution in [2.75, 3.05) is 25.0 Å². The first kappa shape index (κ1) is 19.4. The second kappa shape index (κ2) is 7.50. The van der Waals surface area contributed by atoms with Crippen LogP contribution in [-0.4, -0.2) is 49.7 Å². The van der Waals surface area contributed by atoms with E-state index in [4.69, 9.17) is 4.98 Å². The summed E-state index contributed by atoms with van der Waals surface area (Å²) in [5.74, 6) is 0.715. The minimum absolute atomic E-state index is 0.142. The molecule has 2 N–H and O–H groups in total. The lowest BCUT2D eigenvalue weighted by Gasteiger charge is -2.48. The number of nitrogens with one attached hydrogen (secondary N) is 2. The van der Waals surface area contributed by atoms with Gasteiger partial charge < -0.3 is 5.32 Å². The number of nitrogens with zero attached hydrogens (tertiary/aromatic N) is 4. The number of piperidine rings is 1. The summed E-state index contributed by atoms with van der Waals surface area (Å²) in [6, 6.07) is 0. The first-order valence-corrected chi connectivity index (χ1v) is 10.9. The van der Waals surface area contributed by atoms with E-state index in [1.165, 1.54) is 64.5 Å². The number of rotatable bonds is 4. The van der Waals surface area contributed by atoms with Crippen LogP contribution in [0.1, 0.15) is 77.8 Å². The van der Waals surface area contributed by atoms with Crippen molar-refractivity contribution in [3.05, 3.63) is 22.4 Å². The summed E-state index contributed by atoms with van der Waals surface area (Å²) in [4.78, 5) is 19.8. The fourth-order valence-corrected chi connectivity index (χ4v) is 4.82. The van der Waals surface area contributed by atoms with E-state index in [9.17, 15) is 4.79 Å². The third-order valence-electron chi connectivity index (χ3n) is 6.56. The molecule has 0 aromatic carbocycles. The first-order valence-electron chi connectivity index (χ1n) is 10.9. The summed E-state index contributed by atoms with van der Waals surface area (Å²) in [5, 5.41) is 10.4. The molecule has 4 rings (SSSR count). The van der Waals surface area contributed by atoms with E-state index in [-0.39, 0.29) is 16.6 Å². The Bertz CT molecular complexity index is 865. The molecule has 0 spiro atoms. The van der Waals surface area contributed by atoms with Gasteiger partial charge in [-0.1, -0.05) is 46.5 Å². The molecule has 0 bridgehead atoms. The fraction of sp³-hybridized carbons (Fsp3) is 0.762. The highest BCUT2D eigenvalue weighted by Crippen LogP contribution is 2.36. The smallest absolute Gasteiger partial charge is 0.347 e. The van der Waals surface area contributed by atoms with E-state index in [1.807, 2.05) is 6.20 Å². The van der Waals surface area contributed by atoms with Crippen LogP contribution in [0.4, 0.5) is 5.82 Å². The maximum Gasteiger partial charge on any atom is 0.347 e. The maximum absolute atomic E-state index is 12.2. The van der Waals surface area contributed by atoms with Crippen molar-refractivity contribution in [3.63, 3.8) is 0 Å². The molecule has 154 valence electrons. The molecular weight excluding hydrogens is 352 g/mol. The van der Waals surface area contributed by atoms with E-state index >= 15 is 0 Å². The number of hydrogen-bond donors (Lipinski definition) is 2. The zero-order chi connectivity index (χ0) is 19.8. The summed E-state index contributed by atoms with van der Waals surface area (Å²) in [6.07, 6.45) is 12.2. The van der Waals surface area contributed by atoms with E-state index in [1.54, 1.807) is 4.40 Å². The molecule has 0 radical (unpaired) electrons. The molecule has 3 heterocycles. The minimum Gasteiger partial charge on any atom is -0.365 e. The van der Waals surface area contributed by atoms with Gasteiger partial charge in [0, 0.05) is 23.7 Å². The normalized spacial score (nSPS) is 21.1. The fourth-order valence-electron chi connectivity index (χ4n) is 4.82. The number of fused-ring (bicyclic) bond motifs is 1. The van der Waals surface area contributed by atoms with E-state index in [0.717, 1.165) is 12.2 Å². The van der Waals surface area contributed by atoms with Crippen molar-refractivity contribution < 1.29 is 0 Å². The number of H-pyrrole nitrogens is 1. The van der Waals surface area contributed by atoms with Crippen molar-refractivity contribution in [1.82, 2.24) is 24.5 Å². The zero-order valence-electron chi connectivity index (χ0n) is 17.6. The Kier molecular flexibility index (Phi) is 5.21. The maximum atomic E-state index is 12.2. The number of aromatic nitrogens is 4. The van der Waals surface area contributed by atoms with Gasteiger partial charge >= 0.3 is 5.69 Å². The second-order valence-electron chi connectivity index (χ2n) is 9.63. The molecule has 2 aromatic heterocycles. The lowest BCUT2D eigenvalue weighted by atomic mass is 9.79. The number of hydrogen-bond acceptors (Lipinski definition) is 5. The van der Waals surface area contributed by atoms with Gasteiger partial charge in [0.2, 0.25) is 5.65 Å². The van der Waals surface area contributed by atoms with Crippen LogP contribution in [-0.2, 0) is 5.41 Å². The molecule has 1 aliphatic heterocycles. The SMILES string of the molecule is CC(C)(C)c1cn2c(=O)[nH]nc2c(NCC2(N3CCCCC3)CCCCC2)n1.